The number of benzene rings is 1. The summed E-state index contributed by atoms with van der Waals surface area (Å²) < 4.78 is 0. The quantitative estimate of drug-likeness (QED) is 0.887. The third-order valence-corrected chi connectivity index (χ3v) is 4.72. The van der Waals surface area contributed by atoms with Crippen LogP contribution in [0, 0.1) is 6.92 Å². The molecule has 114 valence electrons. The van der Waals surface area contributed by atoms with E-state index in [4.69, 9.17) is 0 Å². The van der Waals surface area contributed by atoms with E-state index in [2.05, 4.69) is 31.1 Å². The number of rotatable bonds is 5. The van der Waals surface area contributed by atoms with Crippen LogP contribution in [0.15, 0.2) is 30.5 Å². The summed E-state index contributed by atoms with van der Waals surface area (Å²) in [4.78, 5) is 5.67. The summed E-state index contributed by atoms with van der Waals surface area (Å²) >= 11 is 1.73. The first-order valence-corrected chi connectivity index (χ1v) is 8.08. The Morgan fingerprint density at radius 2 is 1.90 bits per heavy atom. The molecule has 2 rings (SSSR count). The van der Waals surface area contributed by atoms with Gasteiger partial charge in [-0.2, -0.15) is 0 Å². The average Bonchev–Trinajstić information content (AvgIpc) is 2.88. The van der Waals surface area contributed by atoms with E-state index in [0.29, 0.717) is 6.54 Å². The molecule has 1 heterocycles. The van der Waals surface area contributed by atoms with E-state index in [9.17, 15) is 5.11 Å². The number of aliphatic hydroxyl groups is 1. The van der Waals surface area contributed by atoms with Crippen molar-refractivity contribution in [2.45, 2.75) is 45.8 Å². The molecule has 0 bridgehead atoms. The van der Waals surface area contributed by atoms with Crippen molar-refractivity contribution >= 4 is 11.3 Å². The second kappa shape index (κ2) is 6.69. The summed E-state index contributed by atoms with van der Waals surface area (Å²) in [6.07, 6.45) is 1.46. The number of hydrogen-bond donors (Lipinski definition) is 2. The summed E-state index contributed by atoms with van der Waals surface area (Å²) in [5, 5.41) is 14.6. The average molecular weight is 304 g/mol. The normalized spacial score (nSPS) is 13.4. The zero-order chi connectivity index (χ0) is 15.5. The van der Waals surface area contributed by atoms with E-state index in [-0.39, 0.29) is 5.41 Å². The van der Waals surface area contributed by atoms with E-state index in [0.717, 1.165) is 17.1 Å². The predicted molar refractivity (Wildman–Crippen MR) is 88.7 cm³/mol. The Labute approximate surface area is 131 Å². The molecule has 0 saturated heterocycles. The van der Waals surface area contributed by atoms with Crippen LogP contribution in [0.25, 0.3) is 0 Å². The summed E-state index contributed by atoms with van der Waals surface area (Å²) in [5.41, 5.74) is 2.26. The van der Waals surface area contributed by atoms with Crippen molar-refractivity contribution < 1.29 is 5.11 Å². The highest BCUT2D eigenvalue weighted by atomic mass is 32.1. The molecular weight excluding hydrogens is 280 g/mol. The molecule has 2 N–H and O–H groups in total. The first-order chi connectivity index (χ1) is 9.86. The number of nitrogens with one attached hydrogen (secondary N) is 1. The molecule has 1 atom stereocenters. The largest absolute Gasteiger partial charge is 0.387 e. The Morgan fingerprint density at radius 3 is 2.48 bits per heavy atom. The van der Waals surface area contributed by atoms with Gasteiger partial charge in [-0.15, -0.1) is 11.3 Å². The van der Waals surface area contributed by atoms with Crippen LogP contribution >= 0.6 is 11.3 Å². The molecule has 0 radical (unpaired) electrons. The van der Waals surface area contributed by atoms with Gasteiger partial charge in [0.15, 0.2) is 0 Å². The van der Waals surface area contributed by atoms with Gasteiger partial charge in [0, 0.05) is 29.6 Å². The van der Waals surface area contributed by atoms with Gasteiger partial charge in [-0.25, -0.2) is 4.98 Å². The third kappa shape index (κ3) is 4.63. The van der Waals surface area contributed by atoms with Crippen molar-refractivity contribution in [1.82, 2.24) is 10.3 Å². The molecule has 21 heavy (non-hydrogen) atoms. The van der Waals surface area contributed by atoms with Crippen LogP contribution < -0.4 is 5.32 Å². The number of aliphatic hydroxyl groups excluding tert-OH is 1. The summed E-state index contributed by atoms with van der Waals surface area (Å²) in [6, 6.07) is 8.01. The maximum absolute atomic E-state index is 10.1. The molecular formula is C17H24N2OS. The van der Waals surface area contributed by atoms with Crippen molar-refractivity contribution in [3.8, 4) is 0 Å². The number of thiazole rings is 1. The van der Waals surface area contributed by atoms with Crippen molar-refractivity contribution in [2.75, 3.05) is 6.54 Å². The van der Waals surface area contributed by atoms with Crippen molar-refractivity contribution in [2.24, 2.45) is 0 Å². The SMILES string of the molecule is Cc1ccc(C(O)CNCc2cnc(C(C)(C)C)s2)cc1. The Kier molecular flexibility index (Phi) is 5.14. The second-order valence-electron chi connectivity index (χ2n) is 6.44. The van der Waals surface area contributed by atoms with Gasteiger partial charge in [-0.1, -0.05) is 50.6 Å². The zero-order valence-corrected chi connectivity index (χ0v) is 14.0. The van der Waals surface area contributed by atoms with E-state index in [1.165, 1.54) is 10.4 Å². The van der Waals surface area contributed by atoms with Crippen LogP contribution in [0.1, 0.15) is 47.9 Å². The molecule has 1 aromatic heterocycles. The van der Waals surface area contributed by atoms with Crippen LogP contribution in [0.3, 0.4) is 0 Å². The zero-order valence-electron chi connectivity index (χ0n) is 13.2. The topological polar surface area (TPSA) is 45.1 Å². The molecule has 0 fully saturated rings. The van der Waals surface area contributed by atoms with Gasteiger partial charge in [0.25, 0.3) is 0 Å². The lowest BCUT2D eigenvalue weighted by Crippen LogP contribution is -2.20. The van der Waals surface area contributed by atoms with Crippen LogP contribution in [-0.2, 0) is 12.0 Å². The van der Waals surface area contributed by atoms with Crippen LogP contribution in [0.2, 0.25) is 0 Å². The van der Waals surface area contributed by atoms with Gasteiger partial charge in [-0.3, -0.25) is 0 Å². The van der Waals surface area contributed by atoms with Crippen LogP contribution in [0.4, 0.5) is 0 Å². The van der Waals surface area contributed by atoms with Gasteiger partial charge in [0.1, 0.15) is 0 Å². The minimum absolute atomic E-state index is 0.102. The van der Waals surface area contributed by atoms with Crippen LogP contribution in [-0.4, -0.2) is 16.6 Å². The Hall–Kier alpha value is -1.23. The molecule has 0 aliphatic heterocycles. The van der Waals surface area contributed by atoms with Crippen molar-refractivity contribution in [3.63, 3.8) is 0 Å². The van der Waals surface area contributed by atoms with E-state index < -0.39 is 6.10 Å². The lowest BCUT2D eigenvalue weighted by Gasteiger charge is -2.13. The Bertz CT molecular complexity index is 569. The van der Waals surface area contributed by atoms with Gasteiger partial charge in [0.2, 0.25) is 0 Å². The monoisotopic (exact) mass is 304 g/mol. The molecule has 0 amide bonds. The maximum atomic E-state index is 10.1. The van der Waals surface area contributed by atoms with E-state index in [1.54, 1.807) is 11.3 Å². The molecule has 0 aliphatic carbocycles. The fourth-order valence-electron chi connectivity index (χ4n) is 1.97. The summed E-state index contributed by atoms with van der Waals surface area (Å²) in [5.74, 6) is 0. The number of nitrogens with zero attached hydrogens (tertiary/aromatic N) is 1. The maximum Gasteiger partial charge on any atom is 0.0981 e. The molecule has 0 saturated carbocycles. The number of aromatic nitrogens is 1. The standard InChI is InChI=1S/C17H24N2OS/c1-12-5-7-13(8-6-12)15(20)11-18-9-14-10-19-16(21-14)17(2,3)4/h5-8,10,15,18,20H,9,11H2,1-4H3. The number of hydrogen-bond acceptors (Lipinski definition) is 4. The molecule has 4 heteroatoms. The molecule has 0 aliphatic rings. The van der Waals surface area contributed by atoms with E-state index in [1.807, 2.05) is 37.4 Å². The lowest BCUT2D eigenvalue weighted by atomic mass is 9.98. The third-order valence-electron chi connectivity index (χ3n) is 3.29. The molecule has 2 aromatic rings. The molecule has 0 spiro atoms. The fourth-order valence-corrected chi connectivity index (χ4v) is 2.91. The van der Waals surface area contributed by atoms with Crippen molar-refractivity contribution in [1.29, 1.82) is 0 Å². The highest BCUT2D eigenvalue weighted by molar-refractivity contribution is 7.11. The minimum Gasteiger partial charge on any atom is -0.387 e. The second-order valence-corrected chi connectivity index (χ2v) is 7.55. The highest BCUT2D eigenvalue weighted by Gasteiger charge is 2.17. The van der Waals surface area contributed by atoms with Crippen molar-refractivity contribution in [3.05, 3.63) is 51.5 Å². The lowest BCUT2D eigenvalue weighted by molar-refractivity contribution is 0.174. The minimum atomic E-state index is -0.472. The Morgan fingerprint density at radius 1 is 1.24 bits per heavy atom. The Balaban J connectivity index is 1.84. The molecule has 1 unspecified atom stereocenters. The first-order valence-electron chi connectivity index (χ1n) is 7.27. The van der Waals surface area contributed by atoms with Gasteiger partial charge < -0.3 is 10.4 Å². The first kappa shape index (κ1) is 16.1. The van der Waals surface area contributed by atoms with Gasteiger partial charge in [-0.05, 0) is 12.5 Å². The van der Waals surface area contributed by atoms with Crippen LogP contribution in [0.5, 0.6) is 0 Å². The molecule has 3 nitrogen and oxygen atoms in total. The van der Waals surface area contributed by atoms with Gasteiger partial charge >= 0.3 is 0 Å². The fraction of sp³-hybridized carbons (Fsp3) is 0.471. The summed E-state index contributed by atoms with van der Waals surface area (Å²) in [6.45, 7) is 9.85. The smallest absolute Gasteiger partial charge is 0.0981 e. The molecule has 1 aromatic carbocycles. The number of aryl methyl sites for hydroxylation is 1. The summed E-state index contributed by atoms with van der Waals surface area (Å²) in [7, 11) is 0. The van der Waals surface area contributed by atoms with Gasteiger partial charge in [0.05, 0.1) is 11.1 Å². The van der Waals surface area contributed by atoms with E-state index >= 15 is 0 Å². The predicted octanol–water partition coefficient (Wildman–Crippen LogP) is 3.57. The highest BCUT2D eigenvalue weighted by Crippen LogP contribution is 2.26.